The maximum atomic E-state index is 12.7. The van der Waals surface area contributed by atoms with Gasteiger partial charge in [0.15, 0.2) is 16.6 Å². The Bertz CT molecular complexity index is 1670. The molecule has 0 aliphatic carbocycles. The van der Waals surface area contributed by atoms with Crippen molar-refractivity contribution >= 4 is 56.9 Å². The summed E-state index contributed by atoms with van der Waals surface area (Å²) in [4.78, 5) is 17.4. The van der Waals surface area contributed by atoms with Crippen LogP contribution in [0.1, 0.15) is 34.0 Å². The van der Waals surface area contributed by atoms with Gasteiger partial charge in [0, 0.05) is 22.2 Å². The van der Waals surface area contributed by atoms with Crippen molar-refractivity contribution in [2.45, 2.75) is 20.5 Å². The molecule has 7 nitrogen and oxygen atoms in total. The third-order valence-corrected chi connectivity index (χ3v) is 7.75. The molecule has 1 heterocycles. The molecule has 0 saturated heterocycles. The zero-order chi connectivity index (χ0) is 29.3. The van der Waals surface area contributed by atoms with Gasteiger partial charge in [-0.1, -0.05) is 60.2 Å². The second-order valence-corrected chi connectivity index (χ2v) is 11.4. The lowest BCUT2D eigenvalue weighted by molar-refractivity contribution is 0.0955. The van der Waals surface area contributed by atoms with Crippen molar-refractivity contribution in [2.75, 3.05) is 11.9 Å². The van der Waals surface area contributed by atoms with E-state index in [0.29, 0.717) is 30.3 Å². The number of aryl methyl sites for hydroxylation is 1. The van der Waals surface area contributed by atoms with Crippen LogP contribution in [0.25, 0.3) is 11.3 Å². The van der Waals surface area contributed by atoms with Gasteiger partial charge >= 0.3 is 0 Å². The number of carbonyl (C=O) groups is 1. The lowest BCUT2D eigenvalue weighted by Crippen LogP contribution is -2.17. The molecule has 1 aromatic heterocycles. The monoisotopic (exact) mass is 688 g/mol. The molecule has 0 saturated carbocycles. The van der Waals surface area contributed by atoms with Crippen molar-refractivity contribution in [3.8, 4) is 22.8 Å². The predicted octanol–water partition coefficient (Wildman–Crippen LogP) is 8.21. The van der Waals surface area contributed by atoms with Crippen molar-refractivity contribution in [1.29, 1.82) is 0 Å². The molecule has 42 heavy (non-hydrogen) atoms. The molecular formula is C33H29IN4O3S. The molecule has 0 radical (unpaired) electrons. The summed E-state index contributed by atoms with van der Waals surface area (Å²) < 4.78 is 12.9. The van der Waals surface area contributed by atoms with Gasteiger partial charge in [-0.2, -0.15) is 5.10 Å². The van der Waals surface area contributed by atoms with E-state index in [4.69, 9.17) is 9.47 Å². The molecule has 2 N–H and O–H groups in total. The second kappa shape index (κ2) is 14.1. The predicted molar refractivity (Wildman–Crippen MR) is 178 cm³/mol. The third kappa shape index (κ3) is 7.74. The first-order valence-electron chi connectivity index (χ1n) is 13.3. The summed E-state index contributed by atoms with van der Waals surface area (Å²) in [6.45, 7) is 4.92. The summed E-state index contributed by atoms with van der Waals surface area (Å²) in [6, 6.07) is 29.2. The molecule has 212 valence electrons. The molecule has 0 aliphatic rings. The lowest BCUT2D eigenvalue weighted by atomic mass is 10.1. The van der Waals surface area contributed by atoms with Gasteiger partial charge in [-0.25, -0.2) is 10.4 Å². The number of aromatic nitrogens is 1. The molecule has 0 spiro atoms. The summed E-state index contributed by atoms with van der Waals surface area (Å²) in [6.07, 6.45) is 1.59. The first-order valence-corrected chi connectivity index (χ1v) is 15.3. The van der Waals surface area contributed by atoms with Crippen molar-refractivity contribution in [1.82, 2.24) is 10.4 Å². The van der Waals surface area contributed by atoms with Gasteiger partial charge in [0.25, 0.3) is 5.91 Å². The van der Waals surface area contributed by atoms with E-state index in [1.165, 1.54) is 16.9 Å². The summed E-state index contributed by atoms with van der Waals surface area (Å²) in [5, 5.41) is 10.3. The largest absolute Gasteiger partial charge is 0.490 e. The number of nitrogens with zero attached hydrogens (tertiary/aromatic N) is 2. The number of hydrazone groups is 1. The smallest absolute Gasteiger partial charge is 0.271 e. The second-order valence-electron chi connectivity index (χ2n) is 9.34. The first-order chi connectivity index (χ1) is 20.5. The van der Waals surface area contributed by atoms with Gasteiger partial charge in [-0.15, -0.1) is 11.3 Å². The number of benzene rings is 4. The average Bonchev–Trinajstić information content (AvgIpc) is 3.47. The van der Waals surface area contributed by atoms with Crippen LogP contribution in [0.4, 0.5) is 10.8 Å². The Hall–Kier alpha value is -4.22. The van der Waals surface area contributed by atoms with Crippen LogP contribution in [0.15, 0.2) is 101 Å². The van der Waals surface area contributed by atoms with E-state index in [-0.39, 0.29) is 5.91 Å². The number of rotatable bonds is 11. The van der Waals surface area contributed by atoms with Crippen molar-refractivity contribution < 1.29 is 14.3 Å². The molecule has 1 amide bonds. The van der Waals surface area contributed by atoms with E-state index >= 15 is 0 Å². The van der Waals surface area contributed by atoms with Gasteiger partial charge in [0.2, 0.25) is 0 Å². The van der Waals surface area contributed by atoms with Crippen LogP contribution in [0, 0.1) is 10.5 Å². The van der Waals surface area contributed by atoms with E-state index in [1.54, 1.807) is 18.3 Å². The fourth-order valence-corrected chi connectivity index (χ4v) is 5.56. The maximum Gasteiger partial charge on any atom is 0.271 e. The SMILES string of the molecule is CCOc1cc(/C=N\NC(=O)c2ccc(-c3csc(Nc4ccccc4)n3)cc2)cc(I)c1OCc1ccc(C)cc1. The number of para-hydroxylation sites is 1. The molecule has 4 aromatic carbocycles. The minimum Gasteiger partial charge on any atom is -0.490 e. The number of anilines is 2. The van der Waals surface area contributed by atoms with Gasteiger partial charge < -0.3 is 14.8 Å². The molecule has 0 unspecified atom stereocenters. The van der Waals surface area contributed by atoms with E-state index in [0.717, 1.165) is 36.8 Å². The van der Waals surface area contributed by atoms with Gasteiger partial charge in [0.05, 0.1) is 22.1 Å². The van der Waals surface area contributed by atoms with Crippen LogP contribution in [0.5, 0.6) is 11.5 Å². The Morgan fingerprint density at radius 1 is 1.00 bits per heavy atom. The van der Waals surface area contributed by atoms with E-state index in [1.807, 2.05) is 66.9 Å². The minimum absolute atomic E-state index is 0.305. The van der Waals surface area contributed by atoms with Crippen molar-refractivity contribution in [2.24, 2.45) is 5.10 Å². The van der Waals surface area contributed by atoms with Crippen molar-refractivity contribution in [3.63, 3.8) is 0 Å². The fraction of sp³-hybridized carbons (Fsp3) is 0.121. The third-order valence-electron chi connectivity index (χ3n) is 6.19. The van der Waals surface area contributed by atoms with Gasteiger partial charge in [-0.05, 0) is 84.0 Å². The van der Waals surface area contributed by atoms with Crippen molar-refractivity contribution in [3.05, 3.63) is 122 Å². The highest BCUT2D eigenvalue weighted by molar-refractivity contribution is 14.1. The van der Waals surface area contributed by atoms with Crippen LogP contribution < -0.4 is 20.2 Å². The van der Waals surface area contributed by atoms with E-state index < -0.39 is 0 Å². The summed E-state index contributed by atoms with van der Waals surface area (Å²) >= 11 is 3.75. The van der Waals surface area contributed by atoms with E-state index in [9.17, 15) is 4.79 Å². The highest BCUT2D eigenvalue weighted by Gasteiger charge is 2.13. The van der Waals surface area contributed by atoms with Gasteiger partial charge in [-0.3, -0.25) is 4.79 Å². The highest BCUT2D eigenvalue weighted by Crippen LogP contribution is 2.34. The highest BCUT2D eigenvalue weighted by atomic mass is 127. The number of ether oxygens (including phenoxy) is 2. The molecule has 5 rings (SSSR count). The van der Waals surface area contributed by atoms with Crippen LogP contribution >= 0.6 is 33.9 Å². The van der Waals surface area contributed by atoms with E-state index in [2.05, 4.69) is 74.6 Å². The molecule has 0 bridgehead atoms. The molecule has 0 atom stereocenters. The average molecular weight is 689 g/mol. The number of amides is 1. The number of hydrogen-bond donors (Lipinski definition) is 2. The Balaban J connectivity index is 1.20. The number of halogens is 1. The standard InChI is InChI=1S/C33H29IN4O3S/c1-3-40-30-18-24(17-28(34)31(30)41-20-23-11-9-22(2)10-12-23)19-35-38-32(39)26-15-13-25(14-16-26)29-21-42-33(37-29)36-27-7-5-4-6-8-27/h4-19,21H,3,20H2,1-2H3,(H,36,37)(H,38,39)/b35-19-. The quantitative estimate of drug-likeness (QED) is 0.0831. The molecule has 5 aromatic rings. The number of hydrogen-bond acceptors (Lipinski definition) is 7. The number of nitrogens with one attached hydrogen (secondary N) is 2. The van der Waals surface area contributed by atoms with Crippen LogP contribution in [-0.2, 0) is 6.61 Å². The molecule has 0 aliphatic heterocycles. The zero-order valence-corrected chi connectivity index (χ0v) is 26.1. The molecular weight excluding hydrogens is 659 g/mol. The maximum absolute atomic E-state index is 12.7. The Labute approximate surface area is 262 Å². The minimum atomic E-state index is -0.305. The fourth-order valence-electron chi connectivity index (χ4n) is 4.04. The Morgan fingerprint density at radius 2 is 1.76 bits per heavy atom. The van der Waals surface area contributed by atoms with Crippen LogP contribution in [-0.4, -0.2) is 23.7 Å². The Kier molecular flexibility index (Phi) is 9.83. The first kappa shape index (κ1) is 29.3. The summed E-state index contributed by atoms with van der Waals surface area (Å²) in [5.41, 5.74) is 8.93. The lowest BCUT2D eigenvalue weighted by Gasteiger charge is -2.15. The zero-order valence-electron chi connectivity index (χ0n) is 23.1. The topological polar surface area (TPSA) is 84.8 Å². The molecule has 0 fully saturated rings. The summed E-state index contributed by atoms with van der Waals surface area (Å²) in [7, 11) is 0. The number of carbonyl (C=O) groups excluding carboxylic acids is 1. The number of thiazole rings is 1. The molecule has 9 heteroatoms. The van der Waals surface area contributed by atoms with Gasteiger partial charge in [0.1, 0.15) is 6.61 Å². The Morgan fingerprint density at radius 3 is 2.50 bits per heavy atom. The summed E-state index contributed by atoms with van der Waals surface area (Å²) in [5.74, 6) is 1.01. The van der Waals surface area contributed by atoms with Crippen LogP contribution in [0.3, 0.4) is 0 Å². The normalized spacial score (nSPS) is 10.9. The van der Waals surface area contributed by atoms with Crippen LogP contribution in [0.2, 0.25) is 0 Å².